The van der Waals surface area contributed by atoms with Gasteiger partial charge >= 0.3 is 5.97 Å². The SMILES string of the molecule is O=C(O)CCCNC(=O)C1CCCN(S(=O)(=O)c2ccc([N+](=O)[O-])cc2)C1. The Morgan fingerprint density at radius 3 is 2.56 bits per heavy atom. The van der Waals surface area contributed by atoms with Crippen LogP contribution in [0.2, 0.25) is 0 Å². The first kappa shape index (κ1) is 20.8. The van der Waals surface area contributed by atoms with Gasteiger partial charge in [-0.3, -0.25) is 19.7 Å². The highest BCUT2D eigenvalue weighted by Gasteiger charge is 2.33. The molecule has 0 aromatic heterocycles. The van der Waals surface area contributed by atoms with Crippen LogP contribution in [0.25, 0.3) is 0 Å². The third-order valence-electron chi connectivity index (χ3n) is 4.31. The molecule has 2 N–H and O–H groups in total. The van der Waals surface area contributed by atoms with Crippen molar-refractivity contribution in [2.24, 2.45) is 5.92 Å². The molecule has 1 aromatic carbocycles. The van der Waals surface area contributed by atoms with E-state index >= 15 is 0 Å². The Bertz CT molecular complexity index is 808. The third kappa shape index (κ3) is 5.47. The Kier molecular flexibility index (Phi) is 6.86. The summed E-state index contributed by atoms with van der Waals surface area (Å²) in [5, 5.41) is 21.9. The molecule has 10 nitrogen and oxygen atoms in total. The molecule has 0 saturated carbocycles. The van der Waals surface area contributed by atoms with Crippen molar-refractivity contribution in [3.8, 4) is 0 Å². The number of carboxylic acids is 1. The zero-order chi connectivity index (χ0) is 20.0. The second-order valence-electron chi connectivity index (χ2n) is 6.24. The minimum absolute atomic E-state index is 0.0179. The smallest absolute Gasteiger partial charge is 0.303 e. The number of nitrogens with zero attached hydrogens (tertiary/aromatic N) is 2. The number of piperidine rings is 1. The molecule has 27 heavy (non-hydrogen) atoms. The number of nitro groups is 1. The second kappa shape index (κ2) is 8.91. The molecule has 0 spiro atoms. The summed E-state index contributed by atoms with van der Waals surface area (Å²) in [6.07, 6.45) is 1.31. The van der Waals surface area contributed by atoms with Crippen molar-refractivity contribution in [2.75, 3.05) is 19.6 Å². The van der Waals surface area contributed by atoms with E-state index in [9.17, 15) is 28.1 Å². The fourth-order valence-electron chi connectivity index (χ4n) is 2.86. The summed E-state index contributed by atoms with van der Waals surface area (Å²) in [5.41, 5.74) is -0.203. The molecule has 1 aliphatic heterocycles. The van der Waals surface area contributed by atoms with Crippen LogP contribution in [0.3, 0.4) is 0 Å². The maximum Gasteiger partial charge on any atom is 0.303 e. The molecule has 1 atom stereocenters. The van der Waals surface area contributed by atoms with Gasteiger partial charge in [-0.25, -0.2) is 8.42 Å². The van der Waals surface area contributed by atoms with Crippen molar-refractivity contribution in [2.45, 2.75) is 30.6 Å². The molecular formula is C16H21N3O7S. The van der Waals surface area contributed by atoms with Crippen molar-refractivity contribution in [1.82, 2.24) is 9.62 Å². The molecule has 148 valence electrons. The first-order valence-electron chi connectivity index (χ1n) is 8.46. The van der Waals surface area contributed by atoms with Gasteiger partial charge in [-0.2, -0.15) is 4.31 Å². The van der Waals surface area contributed by atoms with E-state index in [-0.39, 0.29) is 42.5 Å². The number of hydrogen-bond acceptors (Lipinski definition) is 6. The zero-order valence-corrected chi connectivity index (χ0v) is 15.4. The molecule has 0 radical (unpaired) electrons. The van der Waals surface area contributed by atoms with Crippen molar-refractivity contribution in [3.05, 3.63) is 34.4 Å². The maximum atomic E-state index is 12.7. The van der Waals surface area contributed by atoms with Crippen LogP contribution in [0.4, 0.5) is 5.69 Å². The highest BCUT2D eigenvalue weighted by molar-refractivity contribution is 7.89. The standard InChI is InChI=1S/C16H21N3O7S/c20-15(21)4-1-9-17-16(22)12-3-2-10-18(11-12)27(25,26)14-7-5-13(6-8-14)19(23)24/h5-8,12H,1-4,9-11H2,(H,17,22)(H,20,21). The highest BCUT2D eigenvalue weighted by atomic mass is 32.2. The van der Waals surface area contributed by atoms with E-state index in [4.69, 9.17) is 5.11 Å². The van der Waals surface area contributed by atoms with E-state index in [1.54, 1.807) is 0 Å². The maximum absolute atomic E-state index is 12.7. The number of non-ortho nitro benzene ring substituents is 1. The van der Waals surface area contributed by atoms with Crippen LogP contribution in [0.5, 0.6) is 0 Å². The van der Waals surface area contributed by atoms with Gasteiger partial charge in [0.2, 0.25) is 15.9 Å². The van der Waals surface area contributed by atoms with E-state index in [0.29, 0.717) is 19.3 Å². The van der Waals surface area contributed by atoms with Gasteiger partial charge in [0.25, 0.3) is 5.69 Å². The summed E-state index contributed by atoms with van der Waals surface area (Å²) >= 11 is 0. The van der Waals surface area contributed by atoms with E-state index in [1.807, 2.05) is 0 Å². The Hall–Kier alpha value is -2.53. The normalized spacial score (nSPS) is 18.0. The van der Waals surface area contributed by atoms with Gasteiger partial charge in [0, 0.05) is 38.2 Å². The Morgan fingerprint density at radius 2 is 1.96 bits per heavy atom. The summed E-state index contributed by atoms with van der Waals surface area (Å²) in [5.74, 6) is -1.76. The predicted octanol–water partition coefficient (Wildman–Crippen LogP) is 0.977. The molecular weight excluding hydrogens is 378 g/mol. The van der Waals surface area contributed by atoms with Crippen LogP contribution in [0.1, 0.15) is 25.7 Å². The number of nitro benzene ring substituents is 1. The van der Waals surface area contributed by atoms with E-state index in [0.717, 1.165) is 12.1 Å². The summed E-state index contributed by atoms with van der Waals surface area (Å²) in [6, 6.07) is 4.62. The van der Waals surface area contributed by atoms with Gasteiger partial charge in [0.05, 0.1) is 15.7 Å². The van der Waals surface area contributed by atoms with Crippen LogP contribution in [-0.4, -0.2) is 54.3 Å². The van der Waals surface area contributed by atoms with Gasteiger partial charge in [-0.1, -0.05) is 0 Å². The number of nitrogens with one attached hydrogen (secondary N) is 1. The molecule has 1 unspecified atom stereocenters. The van der Waals surface area contributed by atoms with E-state index in [1.165, 1.54) is 16.4 Å². The first-order chi connectivity index (χ1) is 12.7. The predicted molar refractivity (Wildman–Crippen MR) is 94.5 cm³/mol. The zero-order valence-electron chi connectivity index (χ0n) is 14.5. The summed E-state index contributed by atoms with van der Waals surface area (Å²) in [6.45, 7) is 0.503. The van der Waals surface area contributed by atoms with E-state index < -0.39 is 26.8 Å². The fraction of sp³-hybridized carbons (Fsp3) is 0.500. The Morgan fingerprint density at radius 1 is 1.30 bits per heavy atom. The van der Waals surface area contributed by atoms with Crippen molar-refractivity contribution in [3.63, 3.8) is 0 Å². The quantitative estimate of drug-likeness (QED) is 0.376. The Balaban J connectivity index is 2.00. The number of carbonyl (C=O) groups excluding carboxylic acids is 1. The van der Waals surface area contributed by atoms with Gasteiger partial charge in [-0.05, 0) is 31.4 Å². The third-order valence-corrected chi connectivity index (χ3v) is 6.19. The molecule has 0 aliphatic carbocycles. The molecule has 11 heteroatoms. The minimum atomic E-state index is -3.85. The lowest BCUT2D eigenvalue weighted by Crippen LogP contribution is -2.45. The number of rotatable bonds is 8. The number of aliphatic carboxylic acids is 1. The molecule has 1 saturated heterocycles. The minimum Gasteiger partial charge on any atom is -0.481 e. The lowest BCUT2D eigenvalue weighted by atomic mass is 9.99. The lowest BCUT2D eigenvalue weighted by molar-refractivity contribution is -0.384. The monoisotopic (exact) mass is 399 g/mol. The number of carboxylic acid groups (broad SMARTS) is 1. The number of carbonyl (C=O) groups is 2. The molecule has 1 amide bonds. The van der Waals surface area contributed by atoms with Gasteiger partial charge < -0.3 is 10.4 Å². The van der Waals surface area contributed by atoms with Crippen LogP contribution < -0.4 is 5.32 Å². The molecule has 1 aliphatic rings. The Labute approximate surface area is 156 Å². The number of benzene rings is 1. The molecule has 1 aromatic rings. The van der Waals surface area contributed by atoms with Crippen LogP contribution in [-0.2, 0) is 19.6 Å². The summed E-state index contributed by atoms with van der Waals surface area (Å²) in [7, 11) is -3.85. The molecule has 0 bridgehead atoms. The average molecular weight is 399 g/mol. The molecule has 1 fully saturated rings. The second-order valence-corrected chi connectivity index (χ2v) is 8.18. The largest absolute Gasteiger partial charge is 0.481 e. The van der Waals surface area contributed by atoms with Gasteiger partial charge in [-0.15, -0.1) is 0 Å². The van der Waals surface area contributed by atoms with Crippen molar-refractivity contribution >= 4 is 27.6 Å². The summed E-state index contributed by atoms with van der Waals surface area (Å²) in [4.78, 5) is 32.7. The van der Waals surface area contributed by atoms with Crippen LogP contribution in [0.15, 0.2) is 29.2 Å². The molecule has 1 heterocycles. The molecule has 2 rings (SSSR count). The fourth-order valence-corrected chi connectivity index (χ4v) is 4.38. The van der Waals surface area contributed by atoms with Crippen LogP contribution in [0, 0.1) is 16.0 Å². The average Bonchev–Trinajstić information content (AvgIpc) is 2.65. The topological polar surface area (TPSA) is 147 Å². The summed E-state index contributed by atoms with van der Waals surface area (Å²) < 4.78 is 26.7. The number of hydrogen-bond donors (Lipinski definition) is 2. The highest BCUT2D eigenvalue weighted by Crippen LogP contribution is 2.25. The van der Waals surface area contributed by atoms with E-state index in [2.05, 4.69) is 5.32 Å². The van der Waals surface area contributed by atoms with Gasteiger partial charge in [0.1, 0.15) is 0 Å². The number of sulfonamides is 1. The van der Waals surface area contributed by atoms with Crippen LogP contribution >= 0.6 is 0 Å². The van der Waals surface area contributed by atoms with Gasteiger partial charge in [0.15, 0.2) is 0 Å². The van der Waals surface area contributed by atoms with Crippen molar-refractivity contribution < 1.29 is 28.0 Å². The lowest BCUT2D eigenvalue weighted by Gasteiger charge is -2.31. The van der Waals surface area contributed by atoms with Crippen molar-refractivity contribution in [1.29, 1.82) is 0 Å². The first-order valence-corrected chi connectivity index (χ1v) is 9.90. The number of amides is 1.